The zero-order valence-corrected chi connectivity index (χ0v) is 14.9. The number of hydrogen-bond acceptors (Lipinski definition) is 4. The summed E-state index contributed by atoms with van der Waals surface area (Å²) in [4.78, 5) is 27.9. The van der Waals surface area contributed by atoms with Crippen LogP contribution in [0.3, 0.4) is 0 Å². The second-order valence-electron chi connectivity index (χ2n) is 5.79. The molecule has 0 spiro atoms. The molecule has 0 bridgehead atoms. The molecule has 3 aromatic rings. The van der Waals surface area contributed by atoms with Gasteiger partial charge in [-0.05, 0) is 35.4 Å². The Balaban J connectivity index is 1.61. The number of aromatic nitrogens is 1. The summed E-state index contributed by atoms with van der Waals surface area (Å²) in [7, 11) is 0. The van der Waals surface area contributed by atoms with Gasteiger partial charge in [0.1, 0.15) is 5.69 Å². The van der Waals surface area contributed by atoms with Gasteiger partial charge in [-0.15, -0.1) is 0 Å². The average molecular weight is 369 g/mol. The minimum atomic E-state index is -0.694. The first-order valence-corrected chi connectivity index (χ1v) is 8.48. The van der Waals surface area contributed by atoms with Crippen LogP contribution in [0.2, 0.25) is 5.02 Å². The number of nitrogens with one attached hydrogen (secondary N) is 1. The molecule has 0 fully saturated rings. The molecule has 26 heavy (non-hydrogen) atoms. The highest BCUT2D eigenvalue weighted by Crippen LogP contribution is 2.23. The lowest BCUT2D eigenvalue weighted by Crippen LogP contribution is -2.31. The van der Waals surface area contributed by atoms with Crippen molar-refractivity contribution in [3.05, 3.63) is 77.1 Å². The largest absolute Gasteiger partial charge is 0.451 e. The van der Waals surface area contributed by atoms with Crippen LogP contribution in [0, 0.1) is 0 Å². The first-order chi connectivity index (χ1) is 12.5. The van der Waals surface area contributed by atoms with E-state index in [0.29, 0.717) is 5.02 Å². The smallest absolute Gasteiger partial charge is 0.357 e. The van der Waals surface area contributed by atoms with E-state index in [9.17, 15) is 9.59 Å². The molecule has 3 rings (SSSR count). The Bertz CT molecular complexity index is 953. The highest BCUT2D eigenvalue weighted by Gasteiger charge is 2.15. The number of esters is 1. The van der Waals surface area contributed by atoms with Gasteiger partial charge in [-0.25, -0.2) is 9.78 Å². The summed E-state index contributed by atoms with van der Waals surface area (Å²) in [6, 6.07) is 16.6. The van der Waals surface area contributed by atoms with Crippen molar-refractivity contribution in [3.63, 3.8) is 0 Å². The fourth-order valence-corrected chi connectivity index (χ4v) is 2.87. The maximum atomic E-state index is 12.1. The van der Waals surface area contributed by atoms with Gasteiger partial charge in [-0.1, -0.05) is 54.1 Å². The molecule has 0 radical (unpaired) electrons. The second-order valence-corrected chi connectivity index (χ2v) is 6.23. The van der Waals surface area contributed by atoms with Crippen LogP contribution in [0.15, 0.2) is 60.8 Å². The van der Waals surface area contributed by atoms with Crippen LogP contribution in [-0.2, 0) is 9.53 Å². The Labute approximate surface area is 156 Å². The van der Waals surface area contributed by atoms with Crippen molar-refractivity contribution < 1.29 is 14.3 Å². The van der Waals surface area contributed by atoms with Gasteiger partial charge in [-0.3, -0.25) is 4.79 Å². The van der Waals surface area contributed by atoms with Crippen LogP contribution in [0.1, 0.15) is 29.0 Å². The van der Waals surface area contributed by atoms with Gasteiger partial charge in [-0.2, -0.15) is 0 Å². The lowest BCUT2D eigenvalue weighted by atomic mass is 10.00. The summed E-state index contributed by atoms with van der Waals surface area (Å²) in [5.74, 6) is -1.08. The lowest BCUT2D eigenvalue weighted by molar-refractivity contribution is -0.124. The summed E-state index contributed by atoms with van der Waals surface area (Å²) in [6.45, 7) is 1.50. The number of hydrogen-bond donors (Lipinski definition) is 1. The molecule has 1 N–H and O–H groups in total. The van der Waals surface area contributed by atoms with Crippen molar-refractivity contribution >= 4 is 34.2 Å². The number of rotatable bonds is 5. The molecule has 2 aromatic carbocycles. The lowest BCUT2D eigenvalue weighted by Gasteiger charge is -2.16. The molecule has 0 aliphatic heterocycles. The van der Waals surface area contributed by atoms with Crippen molar-refractivity contribution in [3.8, 4) is 0 Å². The predicted octanol–water partition coefficient (Wildman–Crippen LogP) is 3.92. The number of pyridine rings is 1. The molecule has 0 unspecified atom stereocenters. The van der Waals surface area contributed by atoms with Crippen LogP contribution in [0.25, 0.3) is 10.8 Å². The Morgan fingerprint density at radius 2 is 1.92 bits per heavy atom. The van der Waals surface area contributed by atoms with Gasteiger partial charge >= 0.3 is 5.97 Å². The monoisotopic (exact) mass is 368 g/mol. The van der Waals surface area contributed by atoms with Crippen LogP contribution >= 0.6 is 11.6 Å². The number of halogens is 1. The van der Waals surface area contributed by atoms with E-state index in [4.69, 9.17) is 16.3 Å². The fraction of sp³-hybridized carbons (Fsp3) is 0.150. The third-order valence-corrected chi connectivity index (χ3v) is 4.17. The van der Waals surface area contributed by atoms with Gasteiger partial charge in [0.15, 0.2) is 6.61 Å². The predicted molar refractivity (Wildman–Crippen MR) is 100 cm³/mol. The average Bonchev–Trinajstić information content (AvgIpc) is 2.65. The highest BCUT2D eigenvalue weighted by atomic mass is 35.5. The Morgan fingerprint density at radius 3 is 2.73 bits per heavy atom. The van der Waals surface area contributed by atoms with Crippen LogP contribution in [0.4, 0.5) is 0 Å². The van der Waals surface area contributed by atoms with Crippen molar-refractivity contribution in [2.45, 2.75) is 13.0 Å². The molecule has 1 aromatic heterocycles. The molecule has 0 aliphatic carbocycles. The number of carbonyl (C=O) groups is 2. The van der Waals surface area contributed by atoms with Crippen LogP contribution in [0.5, 0.6) is 0 Å². The summed E-state index contributed by atoms with van der Waals surface area (Å²) in [5, 5.41) is 5.39. The maximum absolute atomic E-state index is 12.1. The van der Waals surface area contributed by atoms with Gasteiger partial charge < -0.3 is 10.1 Å². The Kier molecular flexibility index (Phi) is 5.49. The molecule has 1 heterocycles. The molecular weight excluding hydrogens is 352 g/mol. The van der Waals surface area contributed by atoms with Crippen molar-refractivity contribution in [1.82, 2.24) is 10.3 Å². The zero-order valence-electron chi connectivity index (χ0n) is 14.1. The molecule has 0 saturated heterocycles. The first-order valence-electron chi connectivity index (χ1n) is 8.10. The molecule has 1 amide bonds. The van der Waals surface area contributed by atoms with Gasteiger partial charge in [0.25, 0.3) is 5.91 Å². The number of ether oxygens (including phenoxy) is 1. The Morgan fingerprint density at radius 1 is 1.15 bits per heavy atom. The van der Waals surface area contributed by atoms with Crippen molar-refractivity contribution in [1.29, 1.82) is 0 Å². The van der Waals surface area contributed by atoms with Crippen molar-refractivity contribution in [2.24, 2.45) is 0 Å². The van der Waals surface area contributed by atoms with E-state index in [1.807, 2.05) is 49.4 Å². The zero-order chi connectivity index (χ0) is 18.5. The van der Waals surface area contributed by atoms with E-state index in [2.05, 4.69) is 10.3 Å². The minimum absolute atomic E-state index is 0.0624. The molecule has 0 saturated carbocycles. The van der Waals surface area contributed by atoms with E-state index in [-0.39, 0.29) is 24.2 Å². The van der Waals surface area contributed by atoms with Crippen LogP contribution < -0.4 is 5.32 Å². The SMILES string of the molecule is C[C@@H](NC(=O)COC(=O)c1cc(Cl)ccn1)c1cccc2ccccc12. The Hall–Kier alpha value is -2.92. The standard InChI is InChI=1S/C20H17ClN2O3/c1-13(16-8-4-6-14-5-2-3-7-17(14)16)23-19(24)12-26-20(25)18-11-15(21)9-10-22-18/h2-11,13H,12H2,1H3,(H,23,24)/t13-/m1/s1. The van der Waals surface area contributed by atoms with Crippen LogP contribution in [-0.4, -0.2) is 23.5 Å². The van der Waals surface area contributed by atoms with E-state index in [0.717, 1.165) is 16.3 Å². The maximum Gasteiger partial charge on any atom is 0.357 e. The number of benzene rings is 2. The van der Waals surface area contributed by atoms with E-state index in [1.54, 1.807) is 6.07 Å². The number of amides is 1. The van der Waals surface area contributed by atoms with E-state index >= 15 is 0 Å². The minimum Gasteiger partial charge on any atom is -0.451 e. The molecule has 0 aliphatic rings. The summed E-state index contributed by atoms with van der Waals surface area (Å²) >= 11 is 5.81. The number of nitrogens with zero attached hydrogens (tertiary/aromatic N) is 1. The second kappa shape index (κ2) is 7.97. The van der Waals surface area contributed by atoms with Crippen molar-refractivity contribution in [2.75, 3.05) is 6.61 Å². The van der Waals surface area contributed by atoms with Gasteiger partial charge in [0, 0.05) is 11.2 Å². The topological polar surface area (TPSA) is 68.3 Å². The first kappa shape index (κ1) is 17.9. The molecule has 132 valence electrons. The normalized spacial score (nSPS) is 11.8. The van der Waals surface area contributed by atoms with E-state index in [1.165, 1.54) is 12.3 Å². The molecule has 6 heteroatoms. The van der Waals surface area contributed by atoms with E-state index < -0.39 is 5.97 Å². The number of carbonyl (C=O) groups excluding carboxylic acids is 2. The summed E-state index contributed by atoms with van der Waals surface area (Å²) in [6.07, 6.45) is 1.40. The molecule has 5 nitrogen and oxygen atoms in total. The third kappa shape index (κ3) is 4.18. The van der Waals surface area contributed by atoms with Gasteiger partial charge in [0.2, 0.25) is 0 Å². The molecular formula is C20H17ClN2O3. The third-order valence-electron chi connectivity index (χ3n) is 3.93. The number of fused-ring (bicyclic) bond motifs is 1. The summed E-state index contributed by atoms with van der Waals surface area (Å²) < 4.78 is 5.00. The highest BCUT2D eigenvalue weighted by molar-refractivity contribution is 6.30. The quantitative estimate of drug-likeness (QED) is 0.693. The van der Waals surface area contributed by atoms with Gasteiger partial charge in [0.05, 0.1) is 6.04 Å². The fourth-order valence-electron chi connectivity index (χ4n) is 2.71. The molecule has 1 atom stereocenters. The summed E-state index contributed by atoms with van der Waals surface area (Å²) in [5.41, 5.74) is 1.06.